The van der Waals surface area contributed by atoms with Crippen molar-refractivity contribution < 1.29 is 75.8 Å². The molecule has 1 N–H and O–H groups in total. The Morgan fingerprint density at radius 1 is 0.480 bits per heavy atom. The van der Waals surface area contributed by atoms with Crippen LogP contribution in [0.3, 0.4) is 0 Å². The first-order chi connectivity index (χ1) is 10.4. The van der Waals surface area contributed by atoms with Crippen molar-refractivity contribution in [1.29, 1.82) is 0 Å². The molecule has 0 aromatic heterocycles. The SMILES string of the molecule is O=C(O)C(F)(C(F)(F)F)C(F)(F)C(F)(F)C(F)(F)C(F)(F)C(F)(F)F. The molecule has 0 saturated carbocycles. The van der Waals surface area contributed by atoms with E-state index in [2.05, 4.69) is 0 Å². The van der Waals surface area contributed by atoms with Crippen molar-refractivity contribution >= 4 is 5.97 Å². The molecule has 0 radical (unpaired) electrons. The molecular formula is C8HF15O2. The molecule has 0 aliphatic rings. The molecule has 1 unspecified atom stereocenters. The molecule has 17 heteroatoms. The largest absolute Gasteiger partial charge is 0.478 e. The van der Waals surface area contributed by atoms with Crippen molar-refractivity contribution in [3.8, 4) is 0 Å². The van der Waals surface area contributed by atoms with E-state index in [4.69, 9.17) is 5.11 Å². The number of carboxylic acid groups (broad SMARTS) is 1. The minimum absolute atomic E-state index is 4.59. The van der Waals surface area contributed by atoms with Gasteiger partial charge in [-0.15, -0.1) is 0 Å². The van der Waals surface area contributed by atoms with Gasteiger partial charge < -0.3 is 5.11 Å². The van der Waals surface area contributed by atoms with Gasteiger partial charge in [-0.05, 0) is 0 Å². The quantitative estimate of drug-likeness (QED) is 0.676. The molecular weight excluding hydrogens is 413 g/mol. The summed E-state index contributed by atoms with van der Waals surface area (Å²) in [5.41, 5.74) is -7.63. The fourth-order valence-electron chi connectivity index (χ4n) is 1.22. The molecule has 0 rings (SSSR count). The summed E-state index contributed by atoms with van der Waals surface area (Å²) in [5.74, 6) is -37.8. The van der Waals surface area contributed by atoms with Gasteiger partial charge in [-0.2, -0.15) is 61.5 Å². The van der Waals surface area contributed by atoms with Gasteiger partial charge in [-0.1, -0.05) is 0 Å². The highest BCUT2D eigenvalue weighted by Gasteiger charge is 2.94. The fraction of sp³-hybridized carbons (Fsp3) is 0.875. The molecule has 0 fully saturated rings. The van der Waals surface area contributed by atoms with Crippen molar-refractivity contribution in [3.05, 3.63) is 0 Å². The molecule has 0 aliphatic carbocycles. The van der Waals surface area contributed by atoms with Crippen LogP contribution in [-0.2, 0) is 4.79 Å². The van der Waals surface area contributed by atoms with Crippen LogP contribution in [0.15, 0.2) is 0 Å². The molecule has 0 aliphatic heterocycles. The van der Waals surface area contributed by atoms with Crippen LogP contribution in [0, 0.1) is 0 Å². The molecule has 25 heavy (non-hydrogen) atoms. The summed E-state index contributed by atoms with van der Waals surface area (Å²) in [4.78, 5) is 9.97. The maximum absolute atomic E-state index is 13.1. The monoisotopic (exact) mass is 414 g/mol. The van der Waals surface area contributed by atoms with Gasteiger partial charge >= 0.3 is 47.7 Å². The maximum Gasteiger partial charge on any atom is 0.460 e. The smallest absolute Gasteiger partial charge is 0.460 e. The Kier molecular flexibility index (Phi) is 5.11. The van der Waals surface area contributed by atoms with Gasteiger partial charge in [0.25, 0.3) is 0 Å². The van der Waals surface area contributed by atoms with E-state index in [1.165, 1.54) is 0 Å². The minimum atomic E-state index is -8.46. The summed E-state index contributed by atoms with van der Waals surface area (Å²) >= 11 is 0. The first kappa shape index (κ1) is 23.4. The Labute approximate surface area is 125 Å². The highest BCUT2D eigenvalue weighted by atomic mass is 19.4. The van der Waals surface area contributed by atoms with Gasteiger partial charge in [0.15, 0.2) is 0 Å². The van der Waals surface area contributed by atoms with Crippen molar-refractivity contribution in [2.45, 2.75) is 41.7 Å². The van der Waals surface area contributed by atoms with E-state index in [0.29, 0.717) is 0 Å². The Balaban J connectivity index is 6.72. The lowest BCUT2D eigenvalue weighted by Crippen LogP contribution is -2.75. The zero-order chi connectivity index (χ0) is 21.1. The lowest BCUT2D eigenvalue weighted by atomic mass is 9.86. The topological polar surface area (TPSA) is 37.3 Å². The average Bonchev–Trinajstić information content (AvgIpc) is 2.33. The van der Waals surface area contributed by atoms with E-state index in [9.17, 15) is 70.7 Å². The van der Waals surface area contributed by atoms with Crippen LogP contribution in [0.2, 0.25) is 0 Å². The summed E-state index contributed by atoms with van der Waals surface area (Å²) < 4.78 is 186. The molecule has 0 aromatic carbocycles. The van der Waals surface area contributed by atoms with E-state index < -0.39 is 47.7 Å². The summed E-state index contributed by atoms with van der Waals surface area (Å²) in [7, 11) is 0. The Morgan fingerprint density at radius 3 is 0.960 bits per heavy atom. The van der Waals surface area contributed by atoms with Crippen LogP contribution in [0.5, 0.6) is 0 Å². The number of rotatable bonds is 5. The Hall–Kier alpha value is -1.58. The van der Waals surface area contributed by atoms with Crippen molar-refractivity contribution in [2.75, 3.05) is 0 Å². The summed E-state index contributed by atoms with van der Waals surface area (Å²) in [5, 5.41) is 7.73. The second-order valence-corrected chi connectivity index (χ2v) is 4.26. The van der Waals surface area contributed by atoms with E-state index in [-0.39, 0.29) is 0 Å². The summed E-state index contributed by atoms with van der Waals surface area (Å²) in [6.45, 7) is 0. The van der Waals surface area contributed by atoms with E-state index in [1.54, 1.807) is 0 Å². The number of aliphatic carboxylic acids is 1. The van der Waals surface area contributed by atoms with Crippen LogP contribution in [0.1, 0.15) is 0 Å². The zero-order valence-electron chi connectivity index (χ0n) is 10.5. The van der Waals surface area contributed by atoms with Gasteiger partial charge in [0, 0.05) is 0 Å². The van der Waals surface area contributed by atoms with Crippen LogP contribution in [-0.4, -0.2) is 52.8 Å². The highest BCUT2D eigenvalue weighted by molar-refractivity contribution is 5.80. The minimum Gasteiger partial charge on any atom is -0.478 e. The predicted molar refractivity (Wildman–Crippen MR) is 43.4 cm³/mol. The number of carbonyl (C=O) groups is 1. The molecule has 0 amide bonds. The lowest BCUT2D eigenvalue weighted by molar-refractivity contribution is -0.441. The first-order valence-corrected chi connectivity index (χ1v) is 5.01. The Morgan fingerprint density at radius 2 is 0.760 bits per heavy atom. The molecule has 0 spiro atoms. The lowest BCUT2D eigenvalue weighted by Gasteiger charge is -2.41. The molecule has 1 atom stereocenters. The molecule has 0 heterocycles. The zero-order valence-corrected chi connectivity index (χ0v) is 10.5. The van der Waals surface area contributed by atoms with Crippen molar-refractivity contribution in [3.63, 3.8) is 0 Å². The van der Waals surface area contributed by atoms with Crippen LogP contribution in [0.25, 0.3) is 0 Å². The van der Waals surface area contributed by atoms with E-state index in [0.717, 1.165) is 0 Å². The number of alkyl halides is 15. The number of carboxylic acids is 1. The van der Waals surface area contributed by atoms with Gasteiger partial charge in [0.2, 0.25) is 0 Å². The maximum atomic E-state index is 13.1. The summed E-state index contributed by atoms with van der Waals surface area (Å²) in [6.07, 6.45) is -15.3. The third kappa shape index (κ3) is 2.74. The fourth-order valence-corrected chi connectivity index (χ4v) is 1.22. The molecule has 0 bridgehead atoms. The van der Waals surface area contributed by atoms with Crippen molar-refractivity contribution in [1.82, 2.24) is 0 Å². The molecule has 150 valence electrons. The van der Waals surface area contributed by atoms with Gasteiger partial charge in [-0.3, -0.25) is 0 Å². The van der Waals surface area contributed by atoms with Gasteiger partial charge in [-0.25, -0.2) is 9.18 Å². The summed E-state index contributed by atoms with van der Waals surface area (Å²) in [6, 6.07) is 0. The normalized spacial score (nSPS) is 18.0. The van der Waals surface area contributed by atoms with Gasteiger partial charge in [0.1, 0.15) is 0 Å². The van der Waals surface area contributed by atoms with Crippen LogP contribution >= 0.6 is 0 Å². The third-order valence-electron chi connectivity index (χ3n) is 2.66. The van der Waals surface area contributed by atoms with E-state index >= 15 is 0 Å². The Bertz CT molecular complexity index is 529. The second-order valence-electron chi connectivity index (χ2n) is 4.26. The third-order valence-corrected chi connectivity index (χ3v) is 2.66. The van der Waals surface area contributed by atoms with Crippen molar-refractivity contribution in [2.24, 2.45) is 0 Å². The van der Waals surface area contributed by atoms with E-state index in [1.807, 2.05) is 0 Å². The van der Waals surface area contributed by atoms with Crippen LogP contribution in [0.4, 0.5) is 65.9 Å². The highest BCUT2D eigenvalue weighted by Crippen LogP contribution is 2.62. The van der Waals surface area contributed by atoms with Crippen LogP contribution < -0.4 is 0 Å². The average molecular weight is 414 g/mol. The molecule has 2 nitrogen and oxygen atoms in total. The number of hydrogen-bond donors (Lipinski definition) is 1. The second kappa shape index (κ2) is 5.46. The molecule has 0 saturated heterocycles. The predicted octanol–water partition coefficient (Wildman–Crippen LogP) is 4.45. The number of halogens is 15. The number of hydrogen-bond acceptors (Lipinski definition) is 1. The molecule has 0 aromatic rings. The van der Waals surface area contributed by atoms with Gasteiger partial charge in [0.05, 0.1) is 0 Å². The standard InChI is InChI=1S/C8HF15O2/c9-2(1(24)25,7(18,19)20)3(10,11)4(12,13)5(14,15)6(16,17)8(21,22)23/h(H,24,25). The first-order valence-electron chi connectivity index (χ1n) is 5.01.